The summed E-state index contributed by atoms with van der Waals surface area (Å²) in [7, 11) is 2.19. The third-order valence-electron chi connectivity index (χ3n) is 4.40. The van der Waals surface area contributed by atoms with Crippen LogP contribution in [0.4, 0.5) is 0 Å². The Bertz CT molecular complexity index is 466. The third kappa shape index (κ3) is 1.71. The maximum absolute atomic E-state index is 12.2. The molecule has 3 rings (SSSR count). The number of benzene rings is 1. The molecule has 1 aliphatic heterocycles. The molecule has 2 nitrogen and oxygen atoms in total. The van der Waals surface area contributed by atoms with Gasteiger partial charge in [-0.25, -0.2) is 0 Å². The molecule has 90 valence electrons. The van der Waals surface area contributed by atoms with Crippen molar-refractivity contribution >= 4 is 5.78 Å². The molecule has 0 bridgehead atoms. The monoisotopic (exact) mass is 229 g/mol. The van der Waals surface area contributed by atoms with Crippen molar-refractivity contribution in [1.82, 2.24) is 4.90 Å². The molecule has 1 fully saturated rings. The van der Waals surface area contributed by atoms with Gasteiger partial charge < -0.3 is 4.90 Å². The van der Waals surface area contributed by atoms with Crippen LogP contribution >= 0.6 is 0 Å². The van der Waals surface area contributed by atoms with Crippen LogP contribution < -0.4 is 0 Å². The fourth-order valence-corrected chi connectivity index (χ4v) is 3.50. The molecule has 0 amide bonds. The molecule has 0 radical (unpaired) electrons. The minimum Gasteiger partial charge on any atom is -0.306 e. The van der Waals surface area contributed by atoms with E-state index in [1.54, 1.807) is 0 Å². The summed E-state index contributed by atoms with van der Waals surface area (Å²) in [6, 6.07) is 6.16. The molecule has 0 N–H and O–H groups in total. The van der Waals surface area contributed by atoms with Crippen molar-refractivity contribution in [3.8, 4) is 0 Å². The van der Waals surface area contributed by atoms with Crippen molar-refractivity contribution in [1.29, 1.82) is 0 Å². The number of Topliss-reactive ketones (excluding diaryl/α,β-unsaturated/α-hetero) is 1. The Hall–Kier alpha value is -1.15. The smallest absolute Gasteiger partial charge is 0.163 e. The van der Waals surface area contributed by atoms with E-state index in [4.69, 9.17) is 0 Å². The van der Waals surface area contributed by atoms with Crippen LogP contribution in [0.3, 0.4) is 0 Å². The molecule has 0 aromatic heterocycles. The Morgan fingerprint density at radius 1 is 1.35 bits per heavy atom. The third-order valence-corrected chi connectivity index (χ3v) is 4.40. The largest absolute Gasteiger partial charge is 0.306 e. The van der Waals surface area contributed by atoms with Crippen molar-refractivity contribution in [3.05, 3.63) is 34.9 Å². The number of likely N-dealkylation sites (N-methyl/N-ethyl adjacent to an activating group) is 1. The number of hydrogen-bond donors (Lipinski definition) is 0. The van der Waals surface area contributed by atoms with Gasteiger partial charge in [-0.05, 0) is 44.0 Å². The highest BCUT2D eigenvalue weighted by Crippen LogP contribution is 2.42. The van der Waals surface area contributed by atoms with Gasteiger partial charge in [-0.1, -0.05) is 18.2 Å². The van der Waals surface area contributed by atoms with Gasteiger partial charge in [0.25, 0.3) is 0 Å². The standard InChI is InChI=1S/C15H19NO/c1-10-4-3-5-12-14(17)8-11-6-7-16(2)9-13(11)15(10)12/h3-5,11,13H,6-9H2,1-2H3. The molecule has 0 saturated carbocycles. The minimum absolute atomic E-state index is 0.356. The number of hydrogen-bond acceptors (Lipinski definition) is 2. The molecule has 2 unspecified atom stereocenters. The first-order valence-electron chi connectivity index (χ1n) is 6.48. The number of rotatable bonds is 0. The van der Waals surface area contributed by atoms with E-state index in [2.05, 4.69) is 24.9 Å². The predicted molar refractivity (Wildman–Crippen MR) is 68.5 cm³/mol. The normalized spacial score (nSPS) is 28.7. The Balaban J connectivity index is 2.10. The number of carbonyl (C=O) groups excluding carboxylic acids is 1. The Morgan fingerprint density at radius 3 is 3.00 bits per heavy atom. The van der Waals surface area contributed by atoms with E-state index < -0.39 is 0 Å². The average Bonchev–Trinajstić information content (AvgIpc) is 2.30. The second-order valence-corrected chi connectivity index (χ2v) is 5.58. The highest BCUT2D eigenvalue weighted by atomic mass is 16.1. The minimum atomic E-state index is 0.356. The van der Waals surface area contributed by atoms with Crippen LogP contribution in [0.2, 0.25) is 0 Å². The highest BCUT2D eigenvalue weighted by Gasteiger charge is 2.37. The van der Waals surface area contributed by atoms with Crippen LogP contribution in [0.15, 0.2) is 18.2 Å². The summed E-state index contributed by atoms with van der Waals surface area (Å²) in [5.41, 5.74) is 3.61. The van der Waals surface area contributed by atoms with Crippen LogP contribution in [-0.2, 0) is 0 Å². The summed E-state index contributed by atoms with van der Waals surface area (Å²) >= 11 is 0. The van der Waals surface area contributed by atoms with Crippen LogP contribution in [0.5, 0.6) is 0 Å². The van der Waals surface area contributed by atoms with Gasteiger partial charge >= 0.3 is 0 Å². The fraction of sp³-hybridized carbons (Fsp3) is 0.533. The van der Waals surface area contributed by atoms with Crippen molar-refractivity contribution < 1.29 is 4.79 Å². The lowest BCUT2D eigenvalue weighted by molar-refractivity contribution is 0.0886. The first kappa shape index (κ1) is 11.0. The molecule has 0 spiro atoms. The molecule has 1 aromatic carbocycles. The van der Waals surface area contributed by atoms with Crippen LogP contribution in [-0.4, -0.2) is 30.8 Å². The number of carbonyl (C=O) groups is 1. The first-order chi connectivity index (χ1) is 8.16. The van der Waals surface area contributed by atoms with Crippen LogP contribution in [0, 0.1) is 12.8 Å². The lowest BCUT2D eigenvalue weighted by Gasteiger charge is -2.41. The summed E-state index contributed by atoms with van der Waals surface area (Å²) in [6.07, 6.45) is 1.93. The number of piperidine rings is 1. The quantitative estimate of drug-likeness (QED) is 0.681. The summed E-state index contributed by atoms with van der Waals surface area (Å²) in [6.45, 7) is 4.38. The number of aryl methyl sites for hydroxylation is 1. The van der Waals surface area contributed by atoms with E-state index in [-0.39, 0.29) is 0 Å². The second-order valence-electron chi connectivity index (χ2n) is 5.58. The topological polar surface area (TPSA) is 20.3 Å². The van der Waals surface area contributed by atoms with Gasteiger partial charge in [0, 0.05) is 24.4 Å². The molecular weight excluding hydrogens is 210 g/mol. The maximum atomic E-state index is 12.2. The molecule has 2 aliphatic rings. The van der Waals surface area contributed by atoms with Crippen molar-refractivity contribution in [2.75, 3.05) is 20.1 Å². The zero-order chi connectivity index (χ0) is 12.0. The molecule has 1 heterocycles. The van der Waals surface area contributed by atoms with Gasteiger partial charge in [0.1, 0.15) is 0 Å². The zero-order valence-electron chi connectivity index (χ0n) is 10.6. The first-order valence-corrected chi connectivity index (χ1v) is 6.48. The molecule has 1 aliphatic carbocycles. The Labute approximate surface area is 103 Å². The second kappa shape index (κ2) is 3.95. The number of fused-ring (bicyclic) bond motifs is 3. The lowest BCUT2D eigenvalue weighted by atomic mass is 9.70. The van der Waals surface area contributed by atoms with Gasteiger partial charge in [-0.3, -0.25) is 4.79 Å². The van der Waals surface area contributed by atoms with Gasteiger partial charge in [0.15, 0.2) is 5.78 Å². The van der Waals surface area contributed by atoms with E-state index in [1.807, 2.05) is 12.1 Å². The summed E-state index contributed by atoms with van der Waals surface area (Å²) in [5, 5.41) is 0. The molecule has 2 atom stereocenters. The maximum Gasteiger partial charge on any atom is 0.163 e. The van der Waals surface area contributed by atoms with E-state index >= 15 is 0 Å². The zero-order valence-corrected chi connectivity index (χ0v) is 10.6. The Morgan fingerprint density at radius 2 is 2.18 bits per heavy atom. The summed E-state index contributed by atoms with van der Waals surface area (Å²) < 4.78 is 0. The Kier molecular flexibility index (Phi) is 2.55. The van der Waals surface area contributed by atoms with E-state index in [1.165, 1.54) is 17.5 Å². The van der Waals surface area contributed by atoms with E-state index in [9.17, 15) is 4.79 Å². The SMILES string of the molecule is Cc1cccc2c1C1CN(C)CCC1CC2=O. The van der Waals surface area contributed by atoms with Crippen molar-refractivity contribution in [2.24, 2.45) is 5.92 Å². The predicted octanol–water partition coefficient (Wildman–Crippen LogP) is 2.62. The van der Waals surface area contributed by atoms with Crippen molar-refractivity contribution in [3.63, 3.8) is 0 Å². The number of likely N-dealkylation sites (tertiary alicyclic amines) is 1. The van der Waals surface area contributed by atoms with Crippen LogP contribution in [0.1, 0.15) is 40.2 Å². The lowest BCUT2D eigenvalue weighted by Crippen LogP contribution is -2.40. The average molecular weight is 229 g/mol. The van der Waals surface area contributed by atoms with Gasteiger partial charge in [-0.15, -0.1) is 0 Å². The number of ketones is 1. The number of nitrogens with zero attached hydrogens (tertiary/aromatic N) is 1. The van der Waals surface area contributed by atoms with E-state index in [0.717, 1.165) is 25.1 Å². The van der Waals surface area contributed by atoms with E-state index in [0.29, 0.717) is 17.6 Å². The van der Waals surface area contributed by atoms with Gasteiger partial charge in [0.05, 0.1) is 0 Å². The molecule has 1 saturated heterocycles. The molecule has 1 aromatic rings. The summed E-state index contributed by atoms with van der Waals surface area (Å²) in [5.74, 6) is 1.50. The fourth-order valence-electron chi connectivity index (χ4n) is 3.50. The summed E-state index contributed by atoms with van der Waals surface area (Å²) in [4.78, 5) is 14.6. The van der Waals surface area contributed by atoms with Gasteiger partial charge in [-0.2, -0.15) is 0 Å². The van der Waals surface area contributed by atoms with Crippen LogP contribution in [0.25, 0.3) is 0 Å². The van der Waals surface area contributed by atoms with Crippen molar-refractivity contribution in [2.45, 2.75) is 25.7 Å². The molecular formula is C15H19NO. The molecule has 2 heteroatoms. The highest BCUT2D eigenvalue weighted by molar-refractivity contribution is 5.99. The van der Waals surface area contributed by atoms with Gasteiger partial charge in [0.2, 0.25) is 0 Å². The molecule has 17 heavy (non-hydrogen) atoms.